The molecule has 1 heterocycles. The predicted molar refractivity (Wildman–Crippen MR) is 105 cm³/mol. The maximum atomic E-state index is 10.1. The van der Waals surface area contributed by atoms with Crippen molar-refractivity contribution in [2.24, 2.45) is 0 Å². The largest absolute Gasteiger partial charge is 0.506 e. The Labute approximate surface area is 159 Å². The molecule has 0 radical (unpaired) electrons. The molecule has 0 spiro atoms. The van der Waals surface area contributed by atoms with E-state index in [4.69, 9.17) is 4.74 Å². The van der Waals surface area contributed by atoms with Gasteiger partial charge in [-0.2, -0.15) is 0 Å². The van der Waals surface area contributed by atoms with Crippen LogP contribution in [0.2, 0.25) is 0 Å². The highest BCUT2D eigenvalue weighted by molar-refractivity contribution is 9.11. The first-order valence-corrected chi connectivity index (χ1v) is 9.45. The van der Waals surface area contributed by atoms with Gasteiger partial charge in [-0.05, 0) is 39.2 Å². The van der Waals surface area contributed by atoms with Gasteiger partial charge in [0, 0.05) is 29.7 Å². The van der Waals surface area contributed by atoms with Crippen molar-refractivity contribution in [2.45, 2.75) is 6.54 Å². The summed E-state index contributed by atoms with van der Waals surface area (Å²) in [5.41, 5.74) is 3.19. The van der Waals surface area contributed by atoms with Crippen LogP contribution < -0.4 is 0 Å². The van der Waals surface area contributed by atoms with Crippen LogP contribution in [-0.2, 0) is 11.3 Å². The molecule has 2 aromatic carbocycles. The molecule has 0 amide bonds. The molecular formula is C19H19Br2NO2. The number of nitrogens with zero attached hydrogens (tertiary/aromatic N) is 1. The Hall–Kier alpha value is -1.14. The van der Waals surface area contributed by atoms with E-state index in [2.05, 4.69) is 61.0 Å². The lowest BCUT2D eigenvalue weighted by Gasteiger charge is -2.26. The SMILES string of the molecule is Oc1c(Br)cc(Br)cc1C=Cc1ccc(CN2CCOCC2)cc1. The minimum atomic E-state index is 0.249. The van der Waals surface area contributed by atoms with Crippen molar-refractivity contribution in [3.63, 3.8) is 0 Å². The lowest BCUT2D eigenvalue weighted by Crippen LogP contribution is -2.35. The Balaban J connectivity index is 1.67. The van der Waals surface area contributed by atoms with Crippen molar-refractivity contribution in [1.82, 2.24) is 4.90 Å². The molecule has 126 valence electrons. The summed E-state index contributed by atoms with van der Waals surface area (Å²) in [5, 5.41) is 10.1. The van der Waals surface area contributed by atoms with Gasteiger partial charge in [0.2, 0.25) is 0 Å². The van der Waals surface area contributed by atoms with Crippen LogP contribution in [0.25, 0.3) is 12.2 Å². The molecule has 1 fully saturated rings. The molecule has 3 nitrogen and oxygen atoms in total. The van der Waals surface area contributed by atoms with Crippen molar-refractivity contribution in [2.75, 3.05) is 26.3 Å². The van der Waals surface area contributed by atoms with E-state index in [1.807, 2.05) is 24.3 Å². The second kappa shape index (κ2) is 8.30. The Kier molecular flexibility index (Phi) is 6.11. The van der Waals surface area contributed by atoms with Gasteiger partial charge in [-0.3, -0.25) is 4.90 Å². The average Bonchev–Trinajstić information content (AvgIpc) is 2.59. The summed E-state index contributed by atoms with van der Waals surface area (Å²) in [7, 11) is 0. The van der Waals surface area contributed by atoms with Crippen molar-refractivity contribution < 1.29 is 9.84 Å². The molecule has 3 rings (SSSR count). The smallest absolute Gasteiger partial charge is 0.137 e. The van der Waals surface area contributed by atoms with Crippen LogP contribution in [0.1, 0.15) is 16.7 Å². The molecule has 0 aromatic heterocycles. The number of phenols is 1. The minimum Gasteiger partial charge on any atom is -0.506 e. The van der Waals surface area contributed by atoms with E-state index in [1.165, 1.54) is 5.56 Å². The van der Waals surface area contributed by atoms with E-state index >= 15 is 0 Å². The van der Waals surface area contributed by atoms with Crippen LogP contribution in [0.5, 0.6) is 5.75 Å². The summed E-state index contributed by atoms with van der Waals surface area (Å²) in [4.78, 5) is 2.41. The van der Waals surface area contributed by atoms with E-state index in [0.29, 0.717) is 4.47 Å². The van der Waals surface area contributed by atoms with E-state index in [-0.39, 0.29) is 5.75 Å². The van der Waals surface area contributed by atoms with Crippen molar-refractivity contribution in [3.05, 3.63) is 62.0 Å². The van der Waals surface area contributed by atoms with Gasteiger partial charge in [0.25, 0.3) is 0 Å². The Morgan fingerprint density at radius 1 is 1.04 bits per heavy atom. The minimum absolute atomic E-state index is 0.249. The normalized spacial score (nSPS) is 15.9. The standard InChI is InChI=1S/C19H19Br2NO2/c20-17-11-16(19(23)18(21)12-17)6-5-14-1-3-15(4-2-14)13-22-7-9-24-10-8-22/h1-6,11-12,23H,7-10,13H2. The van der Waals surface area contributed by atoms with Crippen LogP contribution in [-0.4, -0.2) is 36.3 Å². The van der Waals surface area contributed by atoms with Crippen LogP contribution in [0.3, 0.4) is 0 Å². The molecule has 24 heavy (non-hydrogen) atoms. The third-order valence-electron chi connectivity index (χ3n) is 4.00. The number of halogens is 2. The first kappa shape index (κ1) is 17.7. The first-order valence-electron chi connectivity index (χ1n) is 7.87. The number of ether oxygens (including phenoxy) is 1. The lowest BCUT2D eigenvalue weighted by molar-refractivity contribution is 0.0342. The van der Waals surface area contributed by atoms with Crippen molar-refractivity contribution >= 4 is 44.0 Å². The van der Waals surface area contributed by atoms with Gasteiger partial charge in [-0.15, -0.1) is 0 Å². The maximum absolute atomic E-state index is 10.1. The third kappa shape index (κ3) is 4.70. The summed E-state index contributed by atoms with van der Waals surface area (Å²) >= 11 is 6.79. The summed E-state index contributed by atoms with van der Waals surface area (Å²) < 4.78 is 6.98. The number of benzene rings is 2. The predicted octanol–water partition coefficient (Wildman–Crippen LogP) is 4.92. The fraction of sp³-hybridized carbons (Fsp3) is 0.263. The first-order chi connectivity index (χ1) is 11.6. The number of phenolic OH excluding ortho intramolecular Hbond substituents is 1. The van der Waals surface area contributed by atoms with Crippen molar-refractivity contribution in [1.29, 1.82) is 0 Å². The molecule has 1 aliphatic rings. The van der Waals surface area contributed by atoms with E-state index in [9.17, 15) is 5.11 Å². The molecule has 0 bridgehead atoms. The monoisotopic (exact) mass is 451 g/mol. The fourth-order valence-corrected chi connectivity index (χ4v) is 3.91. The zero-order valence-corrected chi connectivity index (χ0v) is 16.4. The molecule has 2 aromatic rings. The van der Waals surface area contributed by atoms with Crippen molar-refractivity contribution in [3.8, 4) is 5.75 Å². The summed E-state index contributed by atoms with van der Waals surface area (Å²) in [5.74, 6) is 0.249. The Bertz CT molecular complexity index is 723. The van der Waals surface area contributed by atoms with E-state index < -0.39 is 0 Å². The fourth-order valence-electron chi connectivity index (χ4n) is 2.65. The Morgan fingerprint density at radius 2 is 1.75 bits per heavy atom. The lowest BCUT2D eigenvalue weighted by atomic mass is 10.1. The number of hydrogen-bond donors (Lipinski definition) is 1. The second-order valence-electron chi connectivity index (χ2n) is 5.79. The topological polar surface area (TPSA) is 32.7 Å². The molecular weight excluding hydrogens is 434 g/mol. The highest BCUT2D eigenvalue weighted by Crippen LogP contribution is 2.32. The molecule has 0 atom stereocenters. The van der Waals surface area contributed by atoms with Crippen LogP contribution >= 0.6 is 31.9 Å². The molecule has 1 aliphatic heterocycles. The van der Waals surface area contributed by atoms with Crippen LogP contribution in [0.15, 0.2) is 45.3 Å². The van der Waals surface area contributed by atoms with Gasteiger partial charge in [0.05, 0.1) is 17.7 Å². The molecule has 0 unspecified atom stereocenters. The maximum Gasteiger partial charge on any atom is 0.137 e. The van der Waals surface area contributed by atoms with E-state index in [0.717, 1.165) is 48.4 Å². The summed E-state index contributed by atoms with van der Waals surface area (Å²) in [6.07, 6.45) is 3.92. The third-order valence-corrected chi connectivity index (χ3v) is 5.06. The molecule has 5 heteroatoms. The highest BCUT2D eigenvalue weighted by Gasteiger charge is 2.10. The highest BCUT2D eigenvalue weighted by atomic mass is 79.9. The number of rotatable bonds is 4. The molecule has 1 saturated heterocycles. The zero-order chi connectivity index (χ0) is 16.9. The van der Waals surface area contributed by atoms with Crippen LogP contribution in [0.4, 0.5) is 0 Å². The number of morpholine rings is 1. The average molecular weight is 453 g/mol. The summed E-state index contributed by atoms with van der Waals surface area (Å²) in [6, 6.07) is 12.3. The van der Waals surface area contributed by atoms with Gasteiger partial charge < -0.3 is 9.84 Å². The van der Waals surface area contributed by atoms with Gasteiger partial charge in [0.1, 0.15) is 5.75 Å². The molecule has 0 aliphatic carbocycles. The van der Waals surface area contributed by atoms with Gasteiger partial charge >= 0.3 is 0 Å². The van der Waals surface area contributed by atoms with Crippen LogP contribution in [0, 0.1) is 0 Å². The second-order valence-corrected chi connectivity index (χ2v) is 7.56. The quantitative estimate of drug-likeness (QED) is 0.668. The van der Waals surface area contributed by atoms with Gasteiger partial charge in [-0.25, -0.2) is 0 Å². The summed E-state index contributed by atoms with van der Waals surface area (Å²) in [6.45, 7) is 4.61. The zero-order valence-electron chi connectivity index (χ0n) is 13.2. The molecule has 0 saturated carbocycles. The Morgan fingerprint density at radius 3 is 2.46 bits per heavy atom. The number of hydrogen-bond acceptors (Lipinski definition) is 3. The molecule has 1 N–H and O–H groups in total. The number of aromatic hydroxyl groups is 1. The van der Waals surface area contributed by atoms with E-state index in [1.54, 1.807) is 0 Å². The van der Waals surface area contributed by atoms with Gasteiger partial charge in [0.15, 0.2) is 0 Å². The van der Waals surface area contributed by atoms with Gasteiger partial charge in [-0.1, -0.05) is 52.3 Å².